The van der Waals surface area contributed by atoms with E-state index in [1.165, 1.54) is 0 Å². The van der Waals surface area contributed by atoms with Crippen LogP contribution in [0, 0.1) is 10.6 Å². The van der Waals surface area contributed by atoms with Gasteiger partial charge in [0.25, 0.3) is 0 Å². The molecule has 0 saturated carbocycles. The number of hydrogen-bond acceptors (Lipinski definition) is 4. The van der Waals surface area contributed by atoms with E-state index in [1.54, 1.807) is 0 Å². The highest BCUT2D eigenvalue weighted by Crippen LogP contribution is 2.07. The van der Waals surface area contributed by atoms with Crippen LogP contribution in [0.2, 0.25) is 0 Å². The van der Waals surface area contributed by atoms with E-state index >= 15 is 0 Å². The van der Waals surface area contributed by atoms with Gasteiger partial charge in [0, 0.05) is 25.6 Å². The molecule has 1 aromatic rings. The molecule has 0 atom stereocenters. The number of H-pyrrole nitrogens is 1. The average molecular weight is 254 g/mol. The molecule has 0 spiro atoms. The van der Waals surface area contributed by atoms with Gasteiger partial charge >= 0.3 is 0 Å². The van der Waals surface area contributed by atoms with Crippen molar-refractivity contribution < 1.29 is 0 Å². The lowest BCUT2D eigenvalue weighted by Crippen LogP contribution is -2.21. The molecule has 0 aliphatic heterocycles. The van der Waals surface area contributed by atoms with Crippen LogP contribution in [0.25, 0.3) is 0 Å². The Kier molecular flexibility index (Phi) is 5.58. The Morgan fingerprint density at radius 3 is 2.76 bits per heavy atom. The van der Waals surface area contributed by atoms with Crippen LogP contribution in [0.4, 0.5) is 5.82 Å². The lowest BCUT2D eigenvalue weighted by atomic mass is 10.1. The van der Waals surface area contributed by atoms with Crippen molar-refractivity contribution in [1.29, 1.82) is 0 Å². The van der Waals surface area contributed by atoms with E-state index in [4.69, 9.17) is 12.2 Å². The minimum absolute atomic E-state index is 0.574. The van der Waals surface area contributed by atoms with Crippen molar-refractivity contribution in [3.8, 4) is 0 Å². The first-order valence-electron chi connectivity index (χ1n) is 5.96. The number of hydrogen-bond donors (Lipinski definition) is 2. The molecule has 1 heterocycles. The van der Waals surface area contributed by atoms with Crippen molar-refractivity contribution >= 4 is 18.0 Å². The summed E-state index contributed by atoms with van der Waals surface area (Å²) >= 11 is 5.16. The van der Waals surface area contributed by atoms with Gasteiger partial charge in [-0.2, -0.15) is 0 Å². The van der Waals surface area contributed by atoms with Crippen molar-refractivity contribution in [2.75, 3.05) is 32.5 Å². The van der Waals surface area contributed by atoms with Gasteiger partial charge in [-0.05, 0) is 20.0 Å². The van der Waals surface area contributed by atoms with E-state index in [-0.39, 0.29) is 0 Å². The maximum absolute atomic E-state index is 5.16. The average Bonchev–Trinajstić information content (AvgIpc) is 2.14. The zero-order valence-corrected chi connectivity index (χ0v) is 11.9. The molecular weight excluding hydrogens is 232 g/mol. The maximum atomic E-state index is 5.16. The second-order valence-electron chi connectivity index (χ2n) is 4.91. The largest absolute Gasteiger partial charge is 0.370 e. The first kappa shape index (κ1) is 14.1. The SMILES string of the molecule is CC(C)Cc1nc(=S)cc(NCCN(C)C)[nH]1. The number of anilines is 1. The minimum Gasteiger partial charge on any atom is -0.370 e. The van der Waals surface area contributed by atoms with Crippen molar-refractivity contribution in [2.24, 2.45) is 5.92 Å². The van der Waals surface area contributed by atoms with Gasteiger partial charge < -0.3 is 15.2 Å². The van der Waals surface area contributed by atoms with Gasteiger partial charge in [0.1, 0.15) is 16.3 Å². The third-order valence-corrected chi connectivity index (χ3v) is 2.48. The summed E-state index contributed by atoms with van der Waals surface area (Å²) in [4.78, 5) is 9.75. The van der Waals surface area contributed by atoms with Crippen LogP contribution in [-0.4, -0.2) is 42.1 Å². The molecule has 2 N–H and O–H groups in total. The Balaban J connectivity index is 2.65. The Hall–Kier alpha value is -0.940. The summed E-state index contributed by atoms with van der Waals surface area (Å²) in [6.07, 6.45) is 0.923. The molecule has 0 saturated heterocycles. The van der Waals surface area contributed by atoms with Crippen molar-refractivity contribution in [1.82, 2.24) is 14.9 Å². The normalized spacial score (nSPS) is 11.2. The van der Waals surface area contributed by atoms with E-state index in [9.17, 15) is 0 Å². The summed E-state index contributed by atoms with van der Waals surface area (Å²) in [6, 6.07) is 1.87. The third kappa shape index (κ3) is 5.79. The van der Waals surface area contributed by atoms with Crippen molar-refractivity contribution in [2.45, 2.75) is 20.3 Å². The van der Waals surface area contributed by atoms with Crippen LogP contribution in [-0.2, 0) is 6.42 Å². The van der Waals surface area contributed by atoms with Gasteiger partial charge in [0.2, 0.25) is 0 Å². The Labute approximate surface area is 108 Å². The molecule has 0 aliphatic carbocycles. The van der Waals surface area contributed by atoms with Crippen molar-refractivity contribution in [3.05, 3.63) is 16.5 Å². The highest BCUT2D eigenvalue weighted by Gasteiger charge is 2.02. The number of nitrogens with zero attached hydrogens (tertiary/aromatic N) is 2. The van der Waals surface area contributed by atoms with Gasteiger partial charge in [-0.3, -0.25) is 0 Å². The highest BCUT2D eigenvalue weighted by molar-refractivity contribution is 7.71. The molecule has 0 radical (unpaired) electrons. The van der Waals surface area contributed by atoms with Gasteiger partial charge in [0.05, 0.1) is 0 Å². The van der Waals surface area contributed by atoms with Gasteiger partial charge in [-0.15, -0.1) is 0 Å². The molecule has 0 bridgehead atoms. The van der Waals surface area contributed by atoms with E-state index < -0.39 is 0 Å². The van der Waals surface area contributed by atoms with E-state index in [1.807, 2.05) is 6.07 Å². The first-order valence-corrected chi connectivity index (χ1v) is 6.37. The molecule has 0 amide bonds. The third-order valence-electron chi connectivity index (χ3n) is 2.27. The molecule has 0 aliphatic rings. The Morgan fingerprint density at radius 2 is 2.18 bits per heavy atom. The molecule has 0 aromatic carbocycles. The molecule has 1 rings (SSSR count). The number of likely N-dealkylation sites (N-methyl/N-ethyl adjacent to an activating group) is 1. The zero-order chi connectivity index (χ0) is 12.8. The Bertz CT molecular complexity index is 398. The molecule has 0 unspecified atom stereocenters. The molecule has 96 valence electrons. The van der Waals surface area contributed by atoms with Crippen LogP contribution >= 0.6 is 12.2 Å². The summed E-state index contributed by atoms with van der Waals surface area (Å²) in [6.45, 7) is 6.22. The summed E-state index contributed by atoms with van der Waals surface area (Å²) in [5.74, 6) is 2.49. The minimum atomic E-state index is 0.574. The molecule has 1 aromatic heterocycles. The lowest BCUT2D eigenvalue weighted by Gasteiger charge is -2.12. The van der Waals surface area contributed by atoms with Crippen molar-refractivity contribution in [3.63, 3.8) is 0 Å². The van der Waals surface area contributed by atoms with Gasteiger partial charge in [0.15, 0.2) is 0 Å². The fourth-order valence-electron chi connectivity index (χ4n) is 1.50. The topological polar surface area (TPSA) is 44.0 Å². The van der Waals surface area contributed by atoms with Gasteiger partial charge in [-0.25, -0.2) is 4.98 Å². The zero-order valence-electron chi connectivity index (χ0n) is 11.1. The molecule has 4 nitrogen and oxygen atoms in total. The summed E-state index contributed by atoms with van der Waals surface area (Å²) in [5, 5.41) is 3.33. The van der Waals surface area contributed by atoms with Crippen LogP contribution in [0.3, 0.4) is 0 Å². The van der Waals surface area contributed by atoms with E-state index in [0.29, 0.717) is 10.6 Å². The Morgan fingerprint density at radius 1 is 1.47 bits per heavy atom. The number of aromatic nitrogens is 2. The number of rotatable bonds is 6. The molecular formula is C12H22N4S. The van der Waals surface area contributed by atoms with Crippen LogP contribution in [0.5, 0.6) is 0 Å². The number of aromatic amines is 1. The van der Waals surface area contributed by atoms with Crippen LogP contribution in [0.15, 0.2) is 6.07 Å². The first-order chi connectivity index (χ1) is 7.97. The quantitative estimate of drug-likeness (QED) is 0.765. The van der Waals surface area contributed by atoms with E-state index in [2.05, 4.69) is 48.1 Å². The monoisotopic (exact) mass is 254 g/mol. The predicted molar refractivity (Wildman–Crippen MR) is 75.0 cm³/mol. The van der Waals surface area contributed by atoms with Crippen LogP contribution in [0.1, 0.15) is 19.7 Å². The smallest absolute Gasteiger partial charge is 0.131 e. The summed E-state index contributed by atoms with van der Waals surface area (Å²) < 4.78 is 0.645. The predicted octanol–water partition coefficient (Wildman–Crippen LogP) is 2.31. The number of nitrogens with one attached hydrogen (secondary N) is 2. The van der Waals surface area contributed by atoms with Gasteiger partial charge in [-0.1, -0.05) is 26.1 Å². The fraction of sp³-hybridized carbons (Fsp3) is 0.667. The summed E-state index contributed by atoms with van der Waals surface area (Å²) in [5.41, 5.74) is 0. The molecule has 0 fully saturated rings. The lowest BCUT2D eigenvalue weighted by molar-refractivity contribution is 0.425. The standard InChI is InChI=1S/C12H22N4S/c1-9(2)7-11-14-10(8-12(17)15-11)13-5-6-16(3)4/h8-9H,5-7H2,1-4H3,(H2,13,14,15,17). The molecule has 17 heavy (non-hydrogen) atoms. The molecule has 5 heteroatoms. The van der Waals surface area contributed by atoms with E-state index in [0.717, 1.165) is 31.2 Å². The summed E-state index contributed by atoms with van der Waals surface area (Å²) in [7, 11) is 4.11. The second-order valence-corrected chi connectivity index (χ2v) is 5.33. The maximum Gasteiger partial charge on any atom is 0.131 e. The van der Waals surface area contributed by atoms with Crippen LogP contribution < -0.4 is 5.32 Å². The highest BCUT2D eigenvalue weighted by atomic mass is 32.1. The second kappa shape index (κ2) is 6.71. The fourth-order valence-corrected chi connectivity index (χ4v) is 1.73.